The van der Waals surface area contributed by atoms with Gasteiger partial charge < -0.3 is 20.0 Å². The molecule has 0 radical (unpaired) electrons. The number of nitrogens with zero attached hydrogens (tertiary/aromatic N) is 2. The molecule has 2 aromatic rings. The van der Waals surface area contributed by atoms with Gasteiger partial charge in [0.25, 0.3) is 0 Å². The Morgan fingerprint density at radius 3 is 3.11 bits per heavy atom. The van der Waals surface area contributed by atoms with Gasteiger partial charge in [0.15, 0.2) is 5.76 Å². The molecule has 3 N–H and O–H groups in total. The number of nitrogens with two attached hydrogens (primary N) is 1. The first-order chi connectivity index (χ1) is 8.79. The molecule has 0 atom stereocenters. The van der Waals surface area contributed by atoms with Gasteiger partial charge in [-0.3, -0.25) is 0 Å². The zero-order chi connectivity index (χ0) is 12.5. The number of aromatic nitrogens is 2. The van der Waals surface area contributed by atoms with Gasteiger partial charge in [-0.15, -0.1) is 0 Å². The number of rotatable bonds is 3. The Kier molecular flexibility index (Phi) is 2.83. The minimum absolute atomic E-state index is 0.623. The fourth-order valence-electron chi connectivity index (χ4n) is 2.45. The van der Waals surface area contributed by atoms with E-state index in [1.165, 1.54) is 5.69 Å². The van der Waals surface area contributed by atoms with Gasteiger partial charge in [0.1, 0.15) is 11.5 Å². The van der Waals surface area contributed by atoms with E-state index in [0.29, 0.717) is 6.54 Å². The highest BCUT2D eigenvalue weighted by atomic mass is 16.3. The Labute approximate surface area is 106 Å². The normalized spacial score (nSPS) is 14.3. The van der Waals surface area contributed by atoms with Crippen molar-refractivity contribution in [2.24, 2.45) is 5.73 Å². The molecule has 0 aliphatic carbocycles. The van der Waals surface area contributed by atoms with Crippen molar-refractivity contribution < 1.29 is 4.42 Å². The molecule has 96 valence electrons. The number of anilines is 1. The molecule has 5 heteroatoms. The molecule has 1 aliphatic heterocycles. The van der Waals surface area contributed by atoms with Gasteiger partial charge in [-0.1, -0.05) is 0 Å². The molecule has 18 heavy (non-hydrogen) atoms. The molecule has 5 nitrogen and oxygen atoms in total. The number of hydrogen-bond acceptors (Lipinski definition) is 4. The average molecular weight is 246 g/mol. The summed E-state index contributed by atoms with van der Waals surface area (Å²) in [5.41, 5.74) is 7.82. The summed E-state index contributed by atoms with van der Waals surface area (Å²) in [5.74, 6) is 2.68. The first-order valence-corrected chi connectivity index (χ1v) is 6.39. The van der Waals surface area contributed by atoms with Crippen LogP contribution in [0.2, 0.25) is 0 Å². The summed E-state index contributed by atoms with van der Waals surface area (Å²) >= 11 is 0. The van der Waals surface area contributed by atoms with Crippen LogP contribution in [0.1, 0.15) is 17.9 Å². The maximum absolute atomic E-state index is 5.71. The highest BCUT2D eigenvalue weighted by Crippen LogP contribution is 2.29. The Balaban J connectivity index is 2.10. The molecular formula is C13H18N4O. The fourth-order valence-corrected chi connectivity index (χ4v) is 2.45. The second kappa shape index (κ2) is 4.49. The number of nitrogens with one attached hydrogen (secondary N) is 1. The molecule has 0 spiro atoms. The maximum atomic E-state index is 5.71. The van der Waals surface area contributed by atoms with E-state index in [1.54, 1.807) is 0 Å². The number of imidazole rings is 1. The number of hydrogen-bond donors (Lipinski definition) is 2. The molecule has 3 heterocycles. The molecule has 3 rings (SSSR count). The van der Waals surface area contributed by atoms with E-state index >= 15 is 0 Å². The predicted octanol–water partition coefficient (Wildman–Crippen LogP) is 1.77. The summed E-state index contributed by atoms with van der Waals surface area (Å²) in [7, 11) is 0. The SMILES string of the molecule is Cc1ccc(-c2nc3n(c2CCN)CCCN3)o1. The number of aryl methyl sites for hydroxylation is 1. The second-order valence-corrected chi connectivity index (χ2v) is 4.61. The molecule has 0 saturated carbocycles. The third-order valence-corrected chi connectivity index (χ3v) is 3.27. The first kappa shape index (κ1) is 11.3. The van der Waals surface area contributed by atoms with Crippen molar-refractivity contribution >= 4 is 5.95 Å². The third-order valence-electron chi connectivity index (χ3n) is 3.27. The molecule has 0 amide bonds. The van der Waals surface area contributed by atoms with Crippen molar-refractivity contribution in [1.82, 2.24) is 9.55 Å². The zero-order valence-electron chi connectivity index (χ0n) is 10.6. The summed E-state index contributed by atoms with van der Waals surface area (Å²) in [6, 6.07) is 3.94. The predicted molar refractivity (Wildman–Crippen MR) is 70.5 cm³/mol. The van der Waals surface area contributed by atoms with Gasteiger partial charge in [-0.2, -0.15) is 0 Å². The van der Waals surface area contributed by atoms with E-state index in [9.17, 15) is 0 Å². The summed E-state index contributed by atoms with van der Waals surface area (Å²) in [5, 5.41) is 3.33. The van der Waals surface area contributed by atoms with Gasteiger partial charge in [0.05, 0.1) is 5.69 Å². The van der Waals surface area contributed by atoms with E-state index in [2.05, 4.69) is 14.9 Å². The van der Waals surface area contributed by atoms with Crippen LogP contribution in [0.25, 0.3) is 11.5 Å². The minimum atomic E-state index is 0.623. The van der Waals surface area contributed by atoms with Crippen LogP contribution in [-0.2, 0) is 13.0 Å². The summed E-state index contributed by atoms with van der Waals surface area (Å²) in [4.78, 5) is 4.66. The Hall–Kier alpha value is -1.75. The molecule has 0 saturated heterocycles. The van der Waals surface area contributed by atoms with E-state index < -0.39 is 0 Å². The fraction of sp³-hybridized carbons (Fsp3) is 0.462. The van der Waals surface area contributed by atoms with Crippen molar-refractivity contribution in [2.45, 2.75) is 26.3 Å². The van der Waals surface area contributed by atoms with Crippen molar-refractivity contribution in [3.63, 3.8) is 0 Å². The summed E-state index contributed by atoms with van der Waals surface area (Å²) < 4.78 is 7.92. The van der Waals surface area contributed by atoms with Gasteiger partial charge in [0, 0.05) is 19.5 Å². The molecule has 0 unspecified atom stereocenters. The van der Waals surface area contributed by atoms with E-state index in [0.717, 1.165) is 49.1 Å². The lowest BCUT2D eigenvalue weighted by molar-refractivity contribution is 0.545. The van der Waals surface area contributed by atoms with Crippen LogP contribution in [-0.4, -0.2) is 22.6 Å². The molecule has 0 fully saturated rings. The van der Waals surface area contributed by atoms with Crippen molar-refractivity contribution in [3.05, 3.63) is 23.6 Å². The zero-order valence-corrected chi connectivity index (χ0v) is 10.6. The topological polar surface area (TPSA) is 69.0 Å². The lowest BCUT2D eigenvalue weighted by Crippen LogP contribution is -2.19. The first-order valence-electron chi connectivity index (χ1n) is 6.39. The quantitative estimate of drug-likeness (QED) is 0.866. The minimum Gasteiger partial charge on any atom is -0.460 e. The van der Waals surface area contributed by atoms with Crippen LogP contribution in [0.5, 0.6) is 0 Å². The maximum Gasteiger partial charge on any atom is 0.203 e. The molecule has 0 aromatic carbocycles. The molecule has 1 aliphatic rings. The highest BCUT2D eigenvalue weighted by molar-refractivity contribution is 5.60. The largest absolute Gasteiger partial charge is 0.460 e. The van der Waals surface area contributed by atoms with Crippen LogP contribution in [0, 0.1) is 6.92 Å². The summed E-state index contributed by atoms with van der Waals surface area (Å²) in [6.45, 7) is 4.55. The Bertz CT molecular complexity index is 555. The van der Waals surface area contributed by atoms with Gasteiger partial charge >= 0.3 is 0 Å². The Morgan fingerprint density at radius 2 is 2.39 bits per heavy atom. The van der Waals surface area contributed by atoms with Crippen LogP contribution in [0.4, 0.5) is 5.95 Å². The van der Waals surface area contributed by atoms with Gasteiger partial charge in [-0.05, 0) is 32.0 Å². The highest BCUT2D eigenvalue weighted by Gasteiger charge is 2.21. The molecular weight excluding hydrogens is 228 g/mol. The summed E-state index contributed by atoms with van der Waals surface area (Å²) in [6.07, 6.45) is 1.95. The van der Waals surface area contributed by atoms with Crippen LogP contribution < -0.4 is 11.1 Å². The van der Waals surface area contributed by atoms with E-state index in [1.807, 2.05) is 19.1 Å². The van der Waals surface area contributed by atoms with Crippen LogP contribution in [0.3, 0.4) is 0 Å². The van der Waals surface area contributed by atoms with Gasteiger partial charge in [-0.25, -0.2) is 4.98 Å². The number of furan rings is 1. The van der Waals surface area contributed by atoms with Gasteiger partial charge in [0.2, 0.25) is 5.95 Å². The lowest BCUT2D eigenvalue weighted by Gasteiger charge is -2.17. The van der Waals surface area contributed by atoms with E-state index in [4.69, 9.17) is 10.2 Å². The second-order valence-electron chi connectivity index (χ2n) is 4.61. The monoisotopic (exact) mass is 246 g/mol. The van der Waals surface area contributed by atoms with Crippen molar-refractivity contribution in [2.75, 3.05) is 18.4 Å². The lowest BCUT2D eigenvalue weighted by atomic mass is 10.2. The van der Waals surface area contributed by atoms with Crippen molar-refractivity contribution in [3.8, 4) is 11.5 Å². The standard InChI is InChI=1S/C13H18N4O/c1-9-3-4-11(18-9)12-10(5-6-14)17-8-2-7-15-13(17)16-12/h3-4H,2,5-8,14H2,1H3,(H,15,16). The van der Waals surface area contributed by atoms with Crippen LogP contribution in [0.15, 0.2) is 16.5 Å². The molecule has 2 aromatic heterocycles. The van der Waals surface area contributed by atoms with Crippen molar-refractivity contribution in [1.29, 1.82) is 0 Å². The van der Waals surface area contributed by atoms with E-state index in [-0.39, 0.29) is 0 Å². The Morgan fingerprint density at radius 1 is 1.50 bits per heavy atom. The number of fused-ring (bicyclic) bond motifs is 1. The van der Waals surface area contributed by atoms with Crippen LogP contribution >= 0.6 is 0 Å². The smallest absolute Gasteiger partial charge is 0.203 e. The average Bonchev–Trinajstić information content (AvgIpc) is 2.95. The third kappa shape index (κ3) is 1.80. The molecule has 0 bridgehead atoms.